The molecule has 0 aromatic carbocycles. The van der Waals surface area contributed by atoms with Crippen molar-refractivity contribution >= 4 is 39.7 Å². The van der Waals surface area contributed by atoms with Gasteiger partial charge in [-0.15, -0.1) is 0 Å². The van der Waals surface area contributed by atoms with Crippen molar-refractivity contribution in [2.45, 2.75) is 0 Å². The summed E-state index contributed by atoms with van der Waals surface area (Å²) in [6.45, 7) is 0. The van der Waals surface area contributed by atoms with Crippen LogP contribution in [0, 0.1) is 0 Å². The fraction of sp³-hybridized carbons (Fsp3) is 0. The predicted molar refractivity (Wildman–Crippen MR) is 21.2 cm³/mol. The van der Waals surface area contributed by atoms with Crippen LogP contribution < -0.4 is 6.15 Å². The topological polar surface area (TPSA) is 59.0 Å². The maximum absolute atomic E-state index is 0. The fourth-order valence-electron chi connectivity index (χ4n) is 0. The summed E-state index contributed by atoms with van der Waals surface area (Å²) in [5, 5.41) is 0. The van der Waals surface area contributed by atoms with Gasteiger partial charge in [0, 0.05) is 51.4 Å². The molecule has 0 bridgehead atoms. The summed E-state index contributed by atoms with van der Waals surface area (Å²) in [6.07, 6.45) is 0. The second-order valence-electron chi connectivity index (χ2n) is 0. The van der Waals surface area contributed by atoms with E-state index in [1.165, 1.54) is 0 Å². The van der Waals surface area contributed by atoms with E-state index in [1.54, 1.807) is 0 Å². The number of hydrogen-bond acceptors (Lipinski definition) is 0. The van der Waals surface area contributed by atoms with Gasteiger partial charge in [0.05, 0.1) is 0 Å². The van der Waals surface area contributed by atoms with E-state index in [-0.39, 0.29) is 51.4 Å². The van der Waals surface area contributed by atoms with Crippen LogP contribution in [0.4, 0.5) is 0 Å². The van der Waals surface area contributed by atoms with Crippen LogP contribution >= 0.6 is 9.90 Å². The number of hydrogen-bond donors (Lipinski definition) is 0. The third kappa shape index (κ3) is 38.1. The van der Waals surface area contributed by atoms with Crippen LogP contribution in [-0.2, 0) is 5.48 Å². The van der Waals surface area contributed by atoms with E-state index < -0.39 is 0 Å². The molecule has 0 amide bonds. The maximum Gasteiger partial charge on any atom is 0 e. The fourth-order valence-corrected chi connectivity index (χ4v) is 0. The minimum atomic E-state index is 0. The van der Waals surface area contributed by atoms with Crippen molar-refractivity contribution in [2.24, 2.45) is 0 Å². The largest absolute Gasteiger partial charge is 0 e. The molecule has 0 rings (SSSR count). The molecular formula is LiNOPSi. The van der Waals surface area contributed by atoms with Crippen LogP contribution in [-0.4, -0.2) is 29.8 Å². The molecule has 0 aliphatic carbocycles. The first-order valence-corrected chi connectivity index (χ1v) is 0. The third-order valence-corrected chi connectivity index (χ3v) is 0. The summed E-state index contributed by atoms with van der Waals surface area (Å²) in [5.41, 5.74) is 0. The van der Waals surface area contributed by atoms with Crippen LogP contribution in [0.15, 0.2) is 0 Å². The van der Waals surface area contributed by atoms with Gasteiger partial charge in [-0.2, -0.15) is 0 Å². The Labute approximate surface area is 51.8 Å². The van der Waals surface area contributed by atoms with Crippen molar-refractivity contribution in [2.75, 3.05) is 0 Å². The molecule has 0 aliphatic rings. The van der Waals surface area contributed by atoms with Crippen molar-refractivity contribution in [3.63, 3.8) is 0 Å². The molecule has 0 atom stereocenters. The van der Waals surface area contributed by atoms with E-state index in [9.17, 15) is 0 Å². The van der Waals surface area contributed by atoms with Gasteiger partial charge in [-0.3, -0.25) is 0 Å². The molecule has 0 aromatic rings. The van der Waals surface area contributed by atoms with E-state index in [4.69, 9.17) is 0 Å². The Morgan fingerprint density at radius 3 is 1.00 bits per heavy atom. The van der Waals surface area contributed by atoms with Gasteiger partial charge in [0.15, 0.2) is 0 Å². The van der Waals surface area contributed by atoms with Gasteiger partial charge in [0.1, 0.15) is 0 Å². The standard InChI is InChI=1S/Li.N.O.P.Si. The average molecular weight is 96.0 g/mol. The van der Waals surface area contributed by atoms with Gasteiger partial charge >= 0.3 is 0 Å². The van der Waals surface area contributed by atoms with Crippen molar-refractivity contribution in [1.29, 1.82) is 0 Å². The zero-order valence-electron chi connectivity index (χ0n) is 2.80. The van der Waals surface area contributed by atoms with Crippen molar-refractivity contribution < 1.29 is 5.48 Å². The van der Waals surface area contributed by atoms with Gasteiger partial charge in [-0.25, -0.2) is 0 Å². The third-order valence-electron chi connectivity index (χ3n) is 0. The van der Waals surface area contributed by atoms with Crippen LogP contribution in [0.2, 0.25) is 0 Å². The summed E-state index contributed by atoms with van der Waals surface area (Å²) in [7, 11) is 0. The molecule has 21 valence electrons. The molecule has 0 aliphatic heterocycles. The van der Waals surface area contributed by atoms with E-state index in [0.717, 1.165) is 0 Å². The molecular weight excluding hydrogens is 96.0 g/mol. The minimum absolute atomic E-state index is 0. The molecule has 5 heavy (non-hydrogen) atoms. The molecule has 0 heterocycles. The average Bonchev–Trinajstić information content (AvgIpc) is 0. The quantitative estimate of drug-likeness (QED) is 0.288. The Bertz CT molecular complexity index is 11.6. The van der Waals surface area contributed by atoms with Gasteiger partial charge < -0.3 is 0 Å². The SMILES string of the molecule is [Li].[N].[O].[P].[Si]. The zero-order valence-corrected chi connectivity index (χ0v) is 4.70. The molecule has 0 spiro atoms. The van der Waals surface area contributed by atoms with E-state index in [2.05, 4.69) is 0 Å². The van der Waals surface area contributed by atoms with Gasteiger partial charge in [0.2, 0.25) is 0 Å². The molecule has 13 radical (unpaired) electrons. The Balaban J connectivity index is 0. The van der Waals surface area contributed by atoms with Crippen LogP contribution in [0.1, 0.15) is 0 Å². The Morgan fingerprint density at radius 2 is 1.00 bits per heavy atom. The van der Waals surface area contributed by atoms with Crippen molar-refractivity contribution in [1.82, 2.24) is 6.15 Å². The second-order valence-corrected chi connectivity index (χ2v) is 0. The zero-order chi connectivity index (χ0) is 0. The van der Waals surface area contributed by atoms with Crippen LogP contribution in [0.3, 0.4) is 0 Å². The number of rotatable bonds is 0. The summed E-state index contributed by atoms with van der Waals surface area (Å²) in [5.74, 6) is 0. The molecule has 0 aromatic heterocycles. The molecule has 0 saturated carbocycles. The van der Waals surface area contributed by atoms with Crippen molar-refractivity contribution in [3.05, 3.63) is 0 Å². The van der Waals surface area contributed by atoms with Gasteiger partial charge in [-0.05, 0) is 0 Å². The summed E-state index contributed by atoms with van der Waals surface area (Å²) < 4.78 is 0. The minimum Gasteiger partial charge on any atom is 0 e. The Kier molecular flexibility index (Phi) is 1600. The second kappa shape index (κ2) is 66.1. The molecule has 0 fully saturated rings. The molecule has 2 nitrogen and oxygen atoms in total. The van der Waals surface area contributed by atoms with E-state index in [0.29, 0.717) is 0 Å². The molecule has 0 unspecified atom stereocenters. The summed E-state index contributed by atoms with van der Waals surface area (Å²) >= 11 is 0. The monoisotopic (exact) mass is 96.0 g/mol. The first kappa shape index (κ1) is 121. The summed E-state index contributed by atoms with van der Waals surface area (Å²) in [6, 6.07) is 0. The first-order chi connectivity index (χ1) is 0. The van der Waals surface area contributed by atoms with E-state index in [1.807, 2.05) is 0 Å². The molecule has 0 saturated heterocycles. The summed E-state index contributed by atoms with van der Waals surface area (Å²) in [4.78, 5) is 0. The normalized spacial score (nSPS) is 0. The Hall–Kier alpha value is 1.16. The predicted octanol–water partition coefficient (Wildman–Crippen LogP) is -0.500. The van der Waals surface area contributed by atoms with E-state index >= 15 is 0 Å². The van der Waals surface area contributed by atoms with Crippen molar-refractivity contribution in [3.8, 4) is 0 Å². The first-order valence-electron chi connectivity index (χ1n) is 0. The van der Waals surface area contributed by atoms with Gasteiger partial charge in [0.25, 0.3) is 0 Å². The van der Waals surface area contributed by atoms with Crippen LogP contribution in [0.25, 0.3) is 0 Å². The molecule has 5 heteroatoms. The Morgan fingerprint density at radius 1 is 1.00 bits per heavy atom. The van der Waals surface area contributed by atoms with Gasteiger partial charge in [-0.1, -0.05) is 0 Å². The smallest absolute Gasteiger partial charge is 0 e. The molecule has 0 N–H and O–H groups in total. The maximum atomic E-state index is 0. The van der Waals surface area contributed by atoms with Crippen LogP contribution in [0.5, 0.6) is 0 Å². The number of nitrogens with zero attached hydrogens (tertiary/aromatic N) is 1.